The highest BCUT2D eigenvalue weighted by atomic mass is 28.3. The van der Waals surface area contributed by atoms with Crippen LogP contribution in [0.1, 0.15) is 0 Å². The lowest BCUT2D eigenvalue weighted by atomic mass is 11.3. The number of rotatable bonds is 1. The molecule has 0 radical (unpaired) electrons. The van der Waals surface area contributed by atoms with E-state index < -0.39 is 14.3 Å². The van der Waals surface area contributed by atoms with E-state index in [9.17, 15) is 4.79 Å². The average molecular weight is 133 g/mol. The summed E-state index contributed by atoms with van der Waals surface area (Å²) in [5, 5.41) is 8.17. The lowest BCUT2D eigenvalue weighted by Crippen LogP contribution is -2.44. The van der Waals surface area contributed by atoms with E-state index in [0.717, 1.165) is 0 Å². The van der Waals surface area contributed by atoms with E-state index in [-0.39, 0.29) is 0 Å². The van der Waals surface area contributed by atoms with Crippen LogP contribution in [0, 0.1) is 0 Å². The van der Waals surface area contributed by atoms with E-state index in [0.29, 0.717) is 0 Å². The lowest BCUT2D eigenvalue weighted by Gasteiger charge is -2.13. The predicted molar refractivity (Wildman–Crippen MR) is 34.5 cm³/mol. The molecule has 0 aliphatic heterocycles. The molecule has 8 heavy (non-hydrogen) atoms. The molecule has 0 spiro atoms. The molecule has 0 saturated heterocycles. The van der Waals surface area contributed by atoms with Crippen molar-refractivity contribution in [2.45, 2.75) is 19.6 Å². The van der Waals surface area contributed by atoms with Gasteiger partial charge in [-0.15, -0.1) is 0 Å². The van der Waals surface area contributed by atoms with E-state index in [4.69, 9.17) is 5.11 Å². The Morgan fingerprint density at radius 1 is 1.50 bits per heavy atom. The van der Waals surface area contributed by atoms with E-state index in [2.05, 4.69) is 4.98 Å². The predicted octanol–water partition coefficient (Wildman–Crippen LogP) is 1.09. The van der Waals surface area contributed by atoms with Crippen molar-refractivity contribution in [3.8, 4) is 0 Å². The quantitative estimate of drug-likeness (QED) is 0.526. The second-order valence-electron chi connectivity index (χ2n) is 2.68. The molecule has 0 fully saturated rings. The molecule has 0 rings (SSSR count). The van der Waals surface area contributed by atoms with Gasteiger partial charge in [-0.05, 0) is 0 Å². The molecule has 0 heterocycles. The van der Waals surface area contributed by atoms with Crippen LogP contribution in [0.5, 0.6) is 0 Å². The first-order valence-electron chi connectivity index (χ1n) is 2.43. The van der Waals surface area contributed by atoms with Crippen LogP contribution < -0.4 is 4.98 Å². The molecule has 3 nitrogen and oxygen atoms in total. The Morgan fingerprint density at radius 2 is 1.88 bits per heavy atom. The highest BCUT2D eigenvalue weighted by Crippen LogP contribution is 1.92. The van der Waals surface area contributed by atoms with Gasteiger partial charge in [0.05, 0.1) is 0 Å². The maximum absolute atomic E-state index is 9.94. The number of carbonyl (C=O) groups is 1. The zero-order valence-electron chi connectivity index (χ0n) is 5.36. The first-order valence-corrected chi connectivity index (χ1v) is 5.93. The van der Waals surface area contributed by atoms with E-state index in [1.807, 2.05) is 19.6 Å². The first kappa shape index (κ1) is 7.49. The fourth-order valence-electron chi connectivity index (χ4n) is 0.321. The number of nitrogens with one attached hydrogen (secondary N) is 1. The monoisotopic (exact) mass is 133 g/mol. The minimum absolute atomic E-state index is 0.913. The molecule has 48 valence electrons. The fraction of sp³-hybridized carbons (Fsp3) is 0.750. The van der Waals surface area contributed by atoms with Crippen LogP contribution in [-0.4, -0.2) is 19.4 Å². The highest BCUT2D eigenvalue weighted by molar-refractivity contribution is 6.75. The molecule has 0 aliphatic rings. The number of amides is 1. The molecule has 0 aromatic heterocycles. The summed E-state index contributed by atoms with van der Waals surface area (Å²) in [6.45, 7) is 5.80. The van der Waals surface area contributed by atoms with Crippen molar-refractivity contribution in [2.24, 2.45) is 0 Å². The molecule has 1 amide bonds. The zero-order chi connectivity index (χ0) is 6.78. The minimum Gasteiger partial charge on any atom is -0.466 e. The van der Waals surface area contributed by atoms with Crippen LogP contribution in [0.4, 0.5) is 4.79 Å². The van der Waals surface area contributed by atoms with E-state index in [1.54, 1.807) is 0 Å². The van der Waals surface area contributed by atoms with E-state index in [1.165, 1.54) is 0 Å². The number of carboxylic acid groups (broad SMARTS) is 1. The summed E-state index contributed by atoms with van der Waals surface area (Å²) in [4.78, 5) is 12.4. The van der Waals surface area contributed by atoms with Gasteiger partial charge in [0.2, 0.25) is 0 Å². The van der Waals surface area contributed by atoms with Gasteiger partial charge >= 0.3 is 6.09 Å². The van der Waals surface area contributed by atoms with Gasteiger partial charge in [-0.3, -0.25) is 0 Å². The smallest absolute Gasteiger partial charge is 0.396 e. The van der Waals surface area contributed by atoms with Gasteiger partial charge in [0, 0.05) is 0 Å². The second-order valence-corrected chi connectivity index (χ2v) is 7.43. The molecule has 0 aliphatic carbocycles. The summed E-state index contributed by atoms with van der Waals surface area (Å²) in [5.41, 5.74) is 0. The Morgan fingerprint density at radius 3 is 1.88 bits per heavy atom. The molecule has 4 heteroatoms. The molecular formula is C4H11NO2Si. The molecule has 0 atom stereocenters. The summed E-state index contributed by atoms with van der Waals surface area (Å²) >= 11 is 0. The van der Waals surface area contributed by atoms with Crippen molar-refractivity contribution in [3.05, 3.63) is 0 Å². The van der Waals surface area contributed by atoms with Crippen LogP contribution in [-0.2, 0) is 0 Å². The Bertz CT molecular complexity index is 96.7. The molecule has 0 bridgehead atoms. The molecule has 0 saturated carbocycles. The van der Waals surface area contributed by atoms with Crippen LogP contribution in [0.25, 0.3) is 0 Å². The largest absolute Gasteiger partial charge is 0.466 e. The fourth-order valence-corrected chi connectivity index (χ4v) is 0.962. The first-order chi connectivity index (χ1) is 3.42. The summed E-state index contributed by atoms with van der Waals surface area (Å²) in [6, 6.07) is 0. The van der Waals surface area contributed by atoms with E-state index >= 15 is 0 Å². The highest BCUT2D eigenvalue weighted by Gasteiger charge is 2.14. The topological polar surface area (TPSA) is 49.3 Å². The van der Waals surface area contributed by atoms with Crippen molar-refractivity contribution in [3.63, 3.8) is 0 Å². The van der Waals surface area contributed by atoms with Crippen molar-refractivity contribution in [1.82, 2.24) is 4.98 Å². The van der Waals surface area contributed by atoms with Crippen molar-refractivity contribution in [2.75, 3.05) is 0 Å². The summed E-state index contributed by atoms with van der Waals surface area (Å²) in [7, 11) is -1.57. The molecule has 0 aromatic rings. The Kier molecular flexibility index (Phi) is 2.03. The molecular weight excluding hydrogens is 122 g/mol. The molecule has 2 N–H and O–H groups in total. The third-order valence-corrected chi connectivity index (χ3v) is 1.45. The van der Waals surface area contributed by atoms with Gasteiger partial charge in [-0.2, -0.15) is 0 Å². The maximum Gasteiger partial charge on any atom is 0.396 e. The minimum atomic E-state index is -1.57. The Labute approximate surface area is 49.8 Å². The van der Waals surface area contributed by atoms with Gasteiger partial charge in [0.25, 0.3) is 0 Å². The van der Waals surface area contributed by atoms with Gasteiger partial charge in [0.1, 0.15) is 0 Å². The van der Waals surface area contributed by atoms with Gasteiger partial charge in [-0.1, -0.05) is 19.6 Å². The third kappa shape index (κ3) is 5.49. The normalized spacial score (nSPS) is 10.9. The SMILES string of the molecule is C[Si](C)(C)NC(=O)O. The average Bonchev–Trinajstić information content (AvgIpc) is 1.21. The Hall–Kier alpha value is -0.513. The third-order valence-electron chi connectivity index (χ3n) is 0.482. The molecule has 0 aromatic carbocycles. The van der Waals surface area contributed by atoms with Crippen molar-refractivity contribution < 1.29 is 9.90 Å². The number of hydrogen-bond acceptors (Lipinski definition) is 1. The van der Waals surface area contributed by atoms with Crippen molar-refractivity contribution in [1.29, 1.82) is 0 Å². The standard InChI is InChI=1S/C4H11NO2Si/c1-8(2,3)5-4(6)7/h5H,1-3H3,(H,6,7). The number of hydrogen-bond donors (Lipinski definition) is 2. The summed E-state index contributed by atoms with van der Waals surface area (Å²) in [6.07, 6.45) is -0.913. The van der Waals surface area contributed by atoms with Crippen LogP contribution >= 0.6 is 0 Å². The van der Waals surface area contributed by atoms with Gasteiger partial charge in [0.15, 0.2) is 8.24 Å². The lowest BCUT2D eigenvalue weighted by molar-refractivity contribution is 0.200. The summed E-state index contributed by atoms with van der Waals surface area (Å²) < 4.78 is 0. The summed E-state index contributed by atoms with van der Waals surface area (Å²) in [5.74, 6) is 0. The van der Waals surface area contributed by atoms with Gasteiger partial charge in [-0.25, -0.2) is 4.79 Å². The molecule has 0 unspecified atom stereocenters. The van der Waals surface area contributed by atoms with Crippen LogP contribution in [0.15, 0.2) is 0 Å². The van der Waals surface area contributed by atoms with Crippen molar-refractivity contribution >= 4 is 14.3 Å². The maximum atomic E-state index is 9.94. The second kappa shape index (κ2) is 2.17. The zero-order valence-corrected chi connectivity index (χ0v) is 6.36. The van der Waals surface area contributed by atoms with Gasteiger partial charge < -0.3 is 10.1 Å². The Balaban J connectivity index is 3.55. The van der Waals surface area contributed by atoms with Crippen LogP contribution in [0.3, 0.4) is 0 Å². The van der Waals surface area contributed by atoms with Crippen LogP contribution in [0.2, 0.25) is 19.6 Å².